The van der Waals surface area contributed by atoms with Gasteiger partial charge in [0.1, 0.15) is 0 Å². The fourth-order valence-corrected chi connectivity index (χ4v) is 4.40. The van der Waals surface area contributed by atoms with Gasteiger partial charge in [-0.05, 0) is 49.6 Å². The summed E-state index contributed by atoms with van der Waals surface area (Å²) >= 11 is 1.69. The van der Waals surface area contributed by atoms with Gasteiger partial charge in [0.15, 0.2) is 0 Å². The van der Waals surface area contributed by atoms with Gasteiger partial charge in [-0.1, -0.05) is 36.9 Å². The topological polar surface area (TPSA) is 58.4 Å². The number of benzene rings is 1. The summed E-state index contributed by atoms with van der Waals surface area (Å²) in [5.41, 5.74) is 8.55. The molecule has 1 saturated heterocycles. The molecule has 0 aromatic heterocycles. The van der Waals surface area contributed by atoms with Gasteiger partial charge < -0.3 is 10.6 Å². The largest absolute Gasteiger partial charge is 0.320 e. The van der Waals surface area contributed by atoms with Gasteiger partial charge in [0.25, 0.3) is 0 Å². The highest BCUT2D eigenvalue weighted by atomic mass is 32.2. The Labute approximate surface area is 143 Å². The number of rotatable bonds is 5. The van der Waals surface area contributed by atoms with E-state index in [1.54, 1.807) is 11.9 Å². The minimum Gasteiger partial charge on any atom is -0.320 e. The first-order chi connectivity index (χ1) is 11.2. The van der Waals surface area contributed by atoms with Crippen LogP contribution in [0.2, 0.25) is 0 Å². The van der Waals surface area contributed by atoms with Crippen molar-refractivity contribution in [1.29, 1.82) is 0 Å². The molecule has 1 amide bonds. The number of carbonyl (C=O) groups excluding carboxylic acids is 1. The highest BCUT2D eigenvalue weighted by Gasteiger charge is 2.35. The summed E-state index contributed by atoms with van der Waals surface area (Å²) in [5, 5.41) is 0. The average molecular weight is 334 g/mol. The first-order valence-electron chi connectivity index (χ1n) is 8.60. The third-order valence-corrected chi connectivity index (χ3v) is 5.82. The molecular weight excluding hydrogens is 306 g/mol. The van der Waals surface area contributed by atoms with Gasteiger partial charge in [0.2, 0.25) is 5.91 Å². The van der Waals surface area contributed by atoms with Gasteiger partial charge in [-0.2, -0.15) is 0 Å². The number of piperidine rings is 1. The molecule has 1 unspecified atom stereocenters. The predicted octanol–water partition coefficient (Wildman–Crippen LogP) is 2.82. The van der Waals surface area contributed by atoms with Crippen LogP contribution >= 0.6 is 11.9 Å². The second kappa shape index (κ2) is 7.24. The van der Waals surface area contributed by atoms with Gasteiger partial charge in [0, 0.05) is 24.2 Å². The third kappa shape index (κ3) is 3.42. The maximum Gasteiger partial charge on any atom is 0.243 e. The molecule has 5 heteroatoms. The lowest BCUT2D eigenvalue weighted by Crippen LogP contribution is -2.48. The lowest BCUT2D eigenvalue weighted by Gasteiger charge is -2.32. The van der Waals surface area contributed by atoms with Crippen LogP contribution in [0.15, 0.2) is 24.3 Å². The van der Waals surface area contributed by atoms with E-state index in [1.807, 2.05) is 4.90 Å². The number of anilines is 1. The zero-order chi connectivity index (χ0) is 16.3. The van der Waals surface area contributed by atoms with Crippen LogP contribution in [0.3, 0.4) is 0 Å². The summed E-state index contributed by atoms with van der Waals surface area (Å²) in [5.74, 6) is 0.0589. The predicted molar refractivity (Wildman–Crippen MR) is 97.7 cm³/mol. The number of nitrogens with zero attached hydrogens (tertiary/aromatic N) is 1. The summed E-state index contributed by atoms with van der Waals surface area (Å²) in [4.78, 5) is 14.1. The maximum atomic E-state index is 12.3. The molecule has 2 aliphatic rings. The van der Waals surface area contributed by atoms with Crippen LogP contribution in [0.4, 0.5) is 5.69 Å². The van der Waals surface area contributed by atoms with E-state index in [9.17, 15) is 4.79 Å². The van der Waals surface area contributed by atoms with E-state index in [2.05, 4.69) is 35.2 Å². The van der Waals surface area contributed by atoms with Gasteiger partial charge in [-0.15, -0.1) is 0 Å². The minimum atomic E-state index is -0.338. The Hall–Kier alpha value is -1.04. The molecule has 0 spiro atoms. The molecule has 1 aliphatic heterocycles. The van der Waals surface area contributed by atoms with E-state index in [0.29, 0.717) is 0 Å². The second-order valence-corrected chi connectivity index (χ2v) is 7.50. The normalized spacial score (nSPS) is 24.2. The van der Waals surface area contributed by atoms with Crippen LogP contribution in [0, 0.1) is 0 Å². The van der Waals surface area contributed by atoms with Crippen molar-refractivity contribution in [2.75, 3.05) is 24.2 Å². The van der Waals surface area contributed by atoms with E-state index < -0.39 is 0 Å². The van der Waals surface area contributed by atoms with Gasteiger partial charge in [-0.3, -0.25) is 9.52 Å². The van der Waals surface area contributed by atoms with Crippen molar-refractivity contribution in [1.82, 2.24) is 4.72 Å². The second-order valence-electron chi connectivity index (χ2n) is 6.80. The van der Waals surface area contributed by atoms with Crippen molar-refractivity contribution >= 4 is 23.5 Å². The highest BCUT2D eigenvalue weighted by Crippen LogP contribution is 2.41. The van der Waals surface area contributed by atoms with E-state index in [4.69, 9.17) is 5.73 Å². The van der Waals surface area contributed by atoms with Crippen molar-refractivity contribution in [2.45, 2.75) is 50.0 Å². The number of nitrogens with one attached hydrogen (secondary N) is 1. The van der Waals surface area contributed by atoms with E-state index in [-0.39, 0.29) is 17.4 Å². The Bertz CT molecular complexity index is 540. The van der Waals surface area contributed by atoms with Crippen molar-refractivity contribution in [3.63, 3.8) is 0 Å². The number of hydrogen-bond acceptors (Lipinski definition) is 4. The summed E-state index contributed by atoms with van der Waals surface area (Å²) in [6.45, 7) is 1.80. The monoisotopic (exact) mass is 333 g/mol. The fourth-order valence-electron chi connectivity index (χ4n) is 3.98. The Morgan fingerprint density at radius 2 is 1.96 bits per heavy atom. The lowest BCUT2D eigenvalue weighted by atomic mass is 9.79. The smallest absolute Gasteiger partial charge is 0.243 e. The molecule has 1 heterocycles. The fraction of sp³-hybridized carbons (Fsp3) is 0.611. The average Bonchev–Trinajstić information content (AvgIpc) is 3.06. The molecule has 0 radical (unpaired) electrons. The van der Waals surface area contributed by atoms with Crippen molar-refractivity contribution in [3.8, 4) is 0 Å². The number of nitrogens with two attached hydrogens (primary N) is 1. The van der Waals surface area contributed by atoms with Crippen LogP contribution in [-0.2, 0) is 10.2 Å². The van der Waals surface area contributed by atoms with E-state index >= 15 is 0 Å². The molecule has 1 aromatic carbocycles. The minimum absolute atomic E-state index is 0.0589. The zero-order valence-corrected chi connectivity index (χ0v) is 14.7. The molecule has 1 saturated carbocycles. The number of amides is 1. The molecule has 3 N–H and O–H groups in total. The van der Waals surface area contributed by atoms with Crippen molar-refractivity contribution in [3.05, 3.63) is 29.8 Å². The van der Waals surface area contributed by atoms with Crippen molar-refractivity contribution in [2.24, 2.45) is 5.73 Å². The molecule has 23 heavy (non-hydrogen) atoms. The summed E-state index contributed by atoms with van der Waals surface area (Å²) in [6, 6.07) is 8.30. The maximum absolute atomic E-state index is 12.3. The first-order valence-corrected chi connectivity index (χ1v) is 9.82. The molecule has 0 bridgehead atoms. The highest BCUT2D eigenvalue weighted by molar-refractivity contribution is 7.96. The molecule has 1 atom stereocenters. The molecule has 3 rings (SSSR count). The molecule has 126 valence electrons. The summed E-state index contributed by atoms with van der Waals surface area (Å²) in [7, 11) is 0. The molecule has 1 aromatic rings. The quantitative estimate of drug-likeness (QED) is 0.814. The van der Waals surface area contributed by atoms with Crippen LogP contribution in [0.5, 0.6) is 0 Å². The van der Waals surface area contributed by atoms with Crippen molar-refractivity contribution < 1.29 is 4.79 Å². The third-order valence-electron chi connectivity index (χ3n) is 5.39. The molecular formula is C18H27N3OS. The lowest BCUT2D eigenvalue weighted by molar-refractivity contribution is -0.120. The molecule has 1 aliphatic carbocycles. The summed E-state index contributed by atoms with van der Waals surface area (Å²) in [6.07, 6.45) is 8.96. The van der Waals surface area contributed by atoms with Crippen LogP contribution in [0.25, 0.3) is 0 Å². The molecule has 2 fully saturated rings. The molecule has 4 nitrogen and oxygen atoms in total. The van der Waals surface area contributed by atoms with Crippen LogP contribution < -0.4 is 15.4 Å². The zero-order valence-electron chi connectivity index (χ0n) is 13.9. The van der Waals surface area contributed by atoms with Crippen LogP contribution in [0.1, 0.15) is 44.1 Å². The van der Waals surface area contributed by atoms with Gasteiger partial charge in [-0.25, -0.2) is 0 Å². The van der Waals surface area contributed by atoms with Gasteiger partial charge >= 0.3 is 0 Å². The number of carbonyl (C=O) groups is 1. The van der Waals surface area contributed by atoms with E-state index in [1.165, 1.54) is 31.2 Å². The standard InChI is InChI=1S/C18H27N3OS/c1-23-20-13-18(10-2-3-11-18)14-6-8-15(9-7-14)21-12-4-5-16(19)17(21)22/h6-9,16,20H,2-5,10-13,19H2,1H3. The van der Waals surface area contributed by atoms with Crippen LogP contribution in [-0.4, -0.2) is 31.3 Å². The Balaban J connectivity index is 1.79. The SMILES string of the molecule is CSNCC1(c2ccc(N3CCCC(N)C3=O)cc2)CCCC1. The summed E-state index contributed by atoms with van der Waals surface area (Å²) < 4.78 is 3.46. The van der Waals surface area contributed by atoms with Gasteiger partial charge in [0.05, 0.1) is 6.04 Å². The first kappa shape index (κ1) is 16.8. The number of hydrogen-bond donors (Lipinski definition) is 2. The Morgan fingerprint density at radius 1 is 1.26 bits per heavy atom. The van der Waals surface area contributed by atoms with E-state index in [0.717, 1.165) is 31.6 Å². The Morgan fingerprint density at radius 3 is 2.61 bits per heavy atom. The Kier molecular flexibility index (Phi) is 5.29.